The summed E-state index contributed by atoms with van der Waals surface area (Å²) in [5.41, 5.74) is -0.998. The van der Waals surface area contributed by atoms with E-state index in [1.807, 2.05) is 0 Å². The summed E-state index contributed by atoms with van der Waals surface area (Å²) in [6.45, 7) is 14.5. The average molecular weight is 307 g/mol. The van der Waals surface area contributed by atoms with Crippen LogP contribution >= 0.6 is 11.1 Å². The molecular formula is C11H23ClO2Si3. The van der Waals surface area contributed by atoms with Gasteiger partial charge in [0.1, 0.15) is 5.60 Å². The van der Waals surface area contributed by atoms with Gasteiger partial charge in [0, 0.05) is 0 Å². The highest BCUT2D eigenvalue weighted by atomic mass is 35.6. The lowest BCUT2D eigenvalue weighted by atomic mass is 10.1. The Balaban J connectivity index is 5.91. The van der Waals surface area contributed by atoms with Gasteiger partial charge < -0.3 is 9.53 Å². The van der Waals surface area contributed by atoms with E-state index in [1.54, 1.807) is 6.92 Å². The van der Waals surface area contributed by atoms with E-state index in [0.29, 0.717) is 0 Å². The largest absolute Gasteiger partial charge is 0.393 e. The highest BCUT2D eigenvalue weighted by molar-refractivity contribution is 6.99. The van der Waals surface area contributed by atoms with Gasteiger partial charge in [-0.3, -0.25) is 0 Å². The molecule has 1 N–H and O–H groups in total. The van der Waals surface area contributed by atoms with Gasteiger partial charge in [-0.1, -0.05) is 45.2 Å². The first kappa shape index (κ1) is 17.4. The summed E-state index contributed by atoms with van der Waals surface area (Å²) in [6, 6.07) is 0. The zero-order valence-electron chi connectivity index (χ0n) is 11.8. The van der Waals surface area contributed by atoms with E-state index in [9.17, 15) is 5.11 Å². The van der Waals surface area contributed by atoms with Gasteiger partial charge >= 0.3 is 9.07 Å². The molecule has 17 heavy (non-hydrogen) atoms. The SMILES string of the molecule is C#CC(C)(O[Si]Cl)C(O)([Si](C)(C)C)[Si](C)(C)C. The molecule has 0 aromatic heterocycles. The molecule has 0 aliphatic heterocycles. The van der Waals surface area contributed by atoms with Crippen LogP contribution in [-0.2, 0) is 4.43 Å². The maximum absolute atomic E-state index is 11.3. The Kier molecular flexibility index (Phi) is 5.32. The minimum absolute atomic E-state index is 0.238. The highest BCUT2D eigenvalue weighted by Gasteiger charge is 2.62. The Bertz CT molecular complexity index is 300. The monoisotopic (exact) mass is 306 g/mol. The van der Waals surface area contributed by atoms with Gasteiger partial charge in [-0.25, -0.2) is 0 Å². The van der Waals surface area contributed by atoms with E-state index in [0.717, 1.165) is 0 Å². The van der Waals surface area contributed by atoms with Gasteiger partial charge in [-0.2, -0.15) is 0 Å². The minimum atomic E-state index is -1.94. The molecule has 0 aliphatic carbocycles. The van der Waals surface area contributed by atoms with E-state index >= 15 is 0 Å². The van der Waals surface area contributed by atoms with Crippen molar-refractivity contribution in [3.63, 3.8) is 0 Å². The van der Waals surface area contributed by atoms with Crippen LogP contribution in [0.5, 0.6) is 0 Å². The number of hydrogen-bond donors (Lipinski definition) is 1. The van der Waals surface area contributed by atoms with Crippen LogP contribution in [0.15, 0.2) is 0 Å². The van der Waals surface area contributed by atoms with Crippen molar-refractivity contribution in [3.8, 4) is 12.3 Å². The molecule has 0 bridgehead atoms. The molecule has 0 saturated heterocycles. The van der Waals surface area contributed by atoms with Crippen molar-refractivity contribution in [2.75, 3.05) is 0 Å². The first-order chi connectivity index (χ1) is 7.37. The standard InChI is InChI=1S/C11H23ClO2Si3/c1-9-10(2,14-15-12)11(13,16(3,4)5)17(6,7)8/h1,13H,2-8H3. The van der Waals surface area contributed by atoms with Gasteiger partial charge in [-0.05, 0) is 6.92 Å². The zero-order chi connectivity index (χ0) is 14.1. The molecule has 0 aliphatic rings. The van der Waals surface area contributed by atoms with Crippen molar-refractivity contribution in [3.05, 3.63) is 0 Å². The van der Waals surface area contributed by atoms with E-state index in [4.69, 9.17) is 21.9 Å². The fourth-order valence-corrected chi connectivity index (χ4v) is 16.0. The average Bonchev–Trinajstić information content (AvgIpc) is 2.13. The molecule has 1 unspecified atom stereocenters. The summed E-state index contributed by atoms with van der Waals surface area (Å²) < 4.78 is 5.57. The van der Waals surface area contributed by atoms with Crippen LogP contribution in [-0.4, -0.2) is 40.8 Å². The Labute approximate surface area is 115 Å². The topological polar surface area (TPSA) is 29.5 Å². The normalized spacial score (nSPS) is 17.4. The molecular weight excluding hydrogens is 284 g/mol. The molecule has 98 valence electrons. The molecule has 0 saturated carbocycles. The second-order valence-electron chi connectivity index (χ2n) is 6.57. The van der Waals surface area contributed by atoms with Crippen molar-refractivity contribution in [2.45, 2.75) is 56.7 Å². The third-order valence-corrected chi connectivity index (χ3v) is 13.9. The summed E-state index contributed by atoms with van der Waals surface area (Å²) in [5.74, 6) is 2.65. The first-order valence-electron chi connectivity index (χ1n) is 5.61. The van der Waals surface area contributed by atoms with Gasteiger partial charge in [-0.15, -0.1) is 17.5 Å². The Morgan fingerprint density at radius 1 is 1.18 bits per heavy atom. The fraction of sp³-hybridized carbons (Fsp3) is 0.818. The predicted molar refractivity (Wildman–Crippen MR) is 81.6 cm³/mol. The maximum atomic E-state index is 11.3. The van der Waals surface area contributed by atoms with Crippen LogP contribution < -0.4 is 0 Å². The molecule has 0 amide bonds. The molecule has 2 nitrogen and oxygen atoms in total. The molecule has 6 heteroatoms. The smallest absolute Gasteiger partial charge is 0.357 e. The van der Waals surface area contributed by atoms with Crippen molar-refractivity contribution in [1.82, 2.24) is 0 Å². The third-order valence-electron chi connectivity index (χ3n) is 3.38. The second kappa shape index (κ2) is 5.19. The summed E-state index contributed by atoms with van der Waals surface area (Å²) in [7, 11) is -4.13. The van der Waals surface area contributed by atoms with Gasteiger partial charge in [0.2, 0.25) is 0 Å². The summed E-state index contributed by atoms with van der Waals surface area (Å²) >= 11 is 5.70. The van der Waals surface area contributed by atoms with E-state index in [2.05, 4.69) is 45.2 Å². The number of halogens is 1. The van der Waals surface area contributed by atoms with Crippen LogP contribution in [0.4, 0.5) is 0 Å². The van der Waals surface area contributed by atoms with Crippen LogP contribution in [0.25, 0.3) is 0 Å². The molecule has 0 rings (SSSR count). The molecule has 0 fully saturated rings. The number of hydrogen-bond acceptors (Lipinski definition) is 2. The molecule has 0 aromatic carbocycles. The lowest BCUT2D eigenvalue weighted by Crippen LogP contribution is -2.77. The van der Waals surface area contributed by atoms with Gasteiger partial charge in [0.05, 0.1) is 21.0 Å². The first-order valence-corrected chi connectivity index (χ1v) is 14.5. The Morgan fingerprint density at radius 3 is 1.71 bits per heavy atom. The lowest BCUT2D eigenvalue weighted by molar-refractivity contribution is 0.0101. The van der Waals surface area contributed by atoms with Gasteiger partial charge in [0.15, 0.2) is 0 Å². The van der Waals surface area contributed by atoms with Crippen molar-refractivity contribution >= 4 is 36.3 Å². The van der Waals surface area contributed by atoms with Crippen LogP contribution in [0.3, 0.4) is 0 Å². The van der Waals surface area contributed by atoms with Crippen molar-refractivity contribution < 1.29 is 9.53 Å². The van der Waals surface area contributed by atoms with E-state index in [-0.39, 0.29) is 9.07 Å². The summed E-state index contributed by atoms with van der Waals surface area (Å²) in [6.07, 6.45) is 5.63. The fourth-order valence-electron chi connectivity index (χ4n) is 2.84. The van der Waals surface area contributed by atoms with Crippen LogP contribution in [0.2, 0.25) is 39.3 Å². The summed E-state index contributed by atoms with van der Waals surface area (Å²) in [5, 5.41) is 11.3. The summed E-state index contributed by atoms with van der Waals surface area (Å²) in [4.78, 5) is -0.927. The Hall–Kier alpha value is 0.421. The van der Waals surface area contributed by atoms with Gasteiger partial charge in [0.25, 0.3) is 0 Å². The van der Waals surface area contributed by atoms with E-state index < -0.39 is 26.6 Å². The van der Waals surface area contributed by atoms with E-state index in [1.165, 1.54) is 0 Å². The molecule has 1 atom stereocenters. The second-order valence-corrected chi connectivity index (χ2v) is 18.3. The minimum Gasteiger partial charge on any atom is -0.393 e. The molecule has 2 radical (unpaired) electrons. The molecule has 0 spiro atoms. The zero-order valence-corrected chi connectivity index (χ0v) is 15.6. The van der Waals surface area contributed by atoms with Crippen molar-refractivity contribution in [2.24, 2.45) is 0 Å². The maximum Gasteiger partial charge on any atom is 0.357 e. The molecule has 0 heterocycles. The van der Waals surface area contributed by atoms with Crippen LogP contribution in [0, 0.1) is 12.3 Å². The highest BCUT2D eigenvalue weighted by Crippen LogP contribution is 2.41. The Morgan fingerprint density at radius 2 is 1.53 bits per heavy atom. The van der Waals surface area contributed by atoms with Crippen LogP contribution in [0.1, 0.15) is 6.92 Å². The lowest BCUT2D eigenvalue weighted by Gasteiger charge is -2.55. The number of terminal acetylenes is 1. The number of rotatable bonds is 5. The third kappa shape index (κ3) is 2.88. The molecule has 0 aromatic rings. The number of aliphatic hydroxyl groups is 1. The quantitative estimate of drug-likeness (QED) is 0.481. The van der Waals surface area contributed by atoms with Crippen molar-refractivity contribution in [1.29, 1.82) is 0 Å². The predicted octanol–water partition coefficient (Wildman–Crippen LogP) is 2.65.